The number of morpholine rings is 1. The maximum Gasteiger partial charge on any atom is 0.304 e. The van der Waals surface area contributed by atoms with Crippen molar-refractivity contribution in [2.75, 3.05) is 64.3 Å². The zero-order chi connectivity index (χ0) is 20.7. The number of hydrogen-bond acceptors (Lipinski definition) is 5. The molecular weight excluding hydrogens is 380 g/mol. The first-order valence-corrected chi connectivity index (χ1v) is 11.0. The molecule has 0 atom stereocenters. The molecule has 1 aromatic carbocycles. The van der Waals surface area contributed by atoms with E-state index in [9.17, 15) is 13.2 Å². The molecule has 1 heterocycles. The van der Waals surface area contributed by atoms with Gasteiger partial charge in [-0.15, -0.1) is 0 Å². The van der Waals surface area contributed by atoms with Crippen molar-refractivity contribution in [2.24, 2.45) is 0 Å². The molecule has 2 rings (SSSR count). The molecule has 0 unspecified atom stereocenters. The predicted octanol–water partition coefficient (Wildman–Crippen LogP) is 0.755. The van der Waals surface area contributed by atoms with E-state index in [1.807, 2.05) is 26.0 Å². The largest absolute Gasteiger partial charge is 0.379 e. The maximum atomic E-state index is 12.8. The molecule has 158 valence electrons. The Balaban J connectivity index is 1.99. The van der Waals surface area contributed by atoms with Crippen LogP contribution in [0.4, 0.5) is 5.69 Å². The number of anilines is 1. The van der Waals surface area contributed by atoms with Gasteiger partial charge in [0.1, 0.15) is 6.54 Å². The number of carbonyl (C=O) groups excluding carboxylic acids is 1. The number of hydrogen-bond donors (Lipinski definition) is 1. The van der Waals surface area contributed by atoms with Gasteiger partial charge in [0.25, 0.3) is 0 Å². The van der Waals surface area contributed by atoms with Crippen molar-refractivity contribution >= 4 is 21.8 Å². The molecule has 1 aliphatic heterocycles. The van der Waals surface area contributed by atoms with Gasteiger partial charge in [-0.25, -0.2) is 4.31 Å². The molecule has 1 aromatic rings. The van der Waals surface area contributed by atoms with E-state index < -0.39 is 10.2 Å². The molecule has 0 saturated carbocycles. The summed E-state index contributed by atoms with van der Waals surface area (Å²) in [5, 5.41) is 2.85. The Bertz CT molecular complexity index is 761. The lowest BCUT2D eigenvalue weighted by Gasteiger charge is -2.28. The minimum atomic E-state index is -3.79. The molecular formula is C19H32N4O4S. The van der Waals surface area contributed by atoms with Gasteiger partial charge in [-0.1, -0.05) is 12.1 Å². The maximum absolute atomic E-state index is 12.8. The Kier molecular flexibility index (Phi) is 8.23. The Hall–Kier alpha value is -1.68. The quantitative estimate of drug-likeness (QED) is 0.606. The molecule has 0 spiro atoms. The van der Waals surface area contributed by atoms with Gasteiger partial charge in [-0.05, 0) is 44.0 Å². The summed E-state index contributed by atoms with van der Waals surface area (Å²) in [6, 6.07) is 5.58. The zero-order valence-corrected chi connectivity index (χ0v) is 18.1. The first-order valence-electron chi connectivity index (χ1n) is 9.56. The Morgan fingerprint density at radius 1 is 1.21 bits per heavy atom. The second-order valence-corrected chi connectivity index (χ2v) is 9.31. The fourth-order valence-electron chi connectivity index (χ4n) is 3.02. The highest BCUT2D eigenvalue weighted by Gasteiger charge is 2.28. The van der Waals surface area contributed by atoms with Crippen LogP contribution >= 0.6 is 0 Å². The van der Waals surface area contributed by atoms with Gasteiger partial charge >= 0.3 is 10.2 Å². The van der Waals surface area contributed by atoms with E-state index in [2.05, 4.69) is 10.2 Å². The molecule has 1 N–H and O–H groups in total. The van der Waals surface area contributed by atoms with Crippen molar-refractivity contribution in [3.8, 4) is 0 Å². The average Bonchev–Trinajstić information content (AvgIpc) is 2.66. The third-order valence-corrected chi connectivity index (χ3v) is 6.54. The average molecular weight is 413 g/mol. The number of nitrogens with zero attached hydrogens (tertiary/aromatic N) is 3. The van der Waals surface area contributed by atoms with E-state index in [1.165, 1.54) is 18.4 Å². The van der Waals surface area contributed by atoms with E-state index in [-0.39, 0.29) is 12.5 Å². The fourth-order valence-corrected chi connectivity index (χ4v) is 4.14. The van der Waals surface area contributed by atoms with E-state index in [1.54, 1.807) is 6.07 Å². The van der Waals surface area contributed by atoms with E-state index in [0.717, 1.165) is 54.7 Å². The number of carbonyl (C=O) groups is 1. The van der Waals surface area contributed by atoms with Crippen molar-refractivity contribution < 1.29 is 17.9 Å². The van der Waals surface area contributed by atoms with Gasteiger partial charge in [0.05, 0.1) is 18.9 Å². The molecule has 8 nitrogen and oxygen atoms in total. The normalized spacial score (nSPS) is 15.6. The summed E-state index contributed by atoms with van der Waals surface area (Å²) in [6.45, 7) is 8.22. The summed E-state index contributed by atoms with van der Waals surface area (Å²) in [4.78, 5) is 14.8. The molecule has 9 heteroatoms. The highest BCUT2D eigenvalue weighted by molar-refractivity contribution is 7.90. The van der Waals surface area contributed by atoms with Crippen LogP contribution in [-0.4, -0.2) is 83.6 Å². The summed E-state index contributed by atoms with van der Waals surface area (Å²) < 4.78 is 33.3. The van der Waals surface area contributed by atoms with Crippen LogP contribution in [-0.2, 0) is 19.7 Å². The first-order chi connectivity index (χ1) is 13.2. The van der Waals surface area contributed by atoms with Crippen LogP contribution in [0.1, 0.15) is 17.5 Å². The monoisotopic (exact) mass is 412 g/mol. The minimum absolute atomic E-state index is 0.248. The number of benzene rings is 1. The van der Waals surface area contributed by atoms with Crippen LogP contribution in [0.25, 0.3) is 0 Å². The Morgan fingerprint density at radius 3 is 2.54 bits per heavy atom. The summed E-state index contributed by atoms with van der Waals surface area (Å²) in [5.41, 5.74) is 2.26. The summed E-state index contributed by atoms with van der Waals surface area (Å²) >= 11 is 0. The predicted molar refractivity (Wildman–Crippen MR) is 111 cm³/mol. The van der Waals surface area contributed by atoms with E-state index in [0.29, 0.717) is 12.2 Å². The summed E-state index contributed by atoms with van der Waals surface area (Å²) in [7, 11) is -0.858. The minimum Gasteiger partial charge on any atom is -0.379 e. The van der Waals surface area contributed by atoms with Gasteiger partial charge in [-0.3, -0.25) is 9.69 Å². The number of nitrogens with one attached hydrogen (secondary N) is 1. The van der Waals surface area contributed by atoms with Crippen LogP contribution < -0.4 is 9.62 Å². The highest BCUT2D eigenvalue weighted by atomic mass is 32.2. The topological polar surface area (TPSA) is 82.2 Å². The van der Waals surface area contributed by atoms with Gasteiger partial charge in [0.15, 0.2) is 0 Å². The van der Waals surface area contributed by atoms with Crippen molar-refractivity contribution in [1.82, 2.24) is 14.5 Å². The molecule has 0 bridgehead atoms. The van der Waals surface area contributed by atoms with Crippen LogP contribution in [0.2, 0.25) is 0 Å². The number of ether oxygens (including phenoxy) is 1. The van der Waals surface area contributed by atoms with Gasteiger partial charge in [0.2, 0.25) is 5.91 Å². The van der Waals surface area contributed by atoms with Crippen molar-refractivity contribution in [1.29, 1.82) is 0 Å². The zero-order valence-electron chi connectivity index (χ0n) is 17.3. The Morgan fingerprint density at radius 2 is 1.89 bits per heavy atom. The van der Waals surface area contributed by atoms with Crippen LogP contribution in [0.3, 0.4) is 0 Å². The lowest BCUT2D eigenvalue weighted by atomic mass is 10.1. The molecule has 28 heavy (non-hydrogen) atoms. The third-order valence-electron chi connectivity index (χ3n) is 4.74. The first kappa shape index (κ1) is 22.6. The van der Waals surface area contributed by atoms with E-state index in [4.69, 9.17) is 4.74 Å². The molecule has 1 saturated heterocycles. The van der Waals surface area contributed by atoms with Crippen molar-refractivity contribution in [3.63, 3.8) is 0 Å². The number of rotatable bonds is 9. The van der Waals surface area contributed by atoms with Crippen LogP contribution in [0, 0.1) is 13.8 Å². The van der Waals surface area contributed by atoms with Gasteiger partial charge < -0.3 is 10.1 Å². The number of aryl methyl sites for hydroxylation is 2. The second-order valence-electron chi connectivity index (χ2n) is 7.24. The molecule has 1 aliphatic rings. The summed E-state index contributed by atoms with van der Waals surface area (Å²) in [6.07, 6.45) is 0.815. The van der Waals surface area contributed by atoms with Gasteiger partial charge in [-0.2, -0.15) is 12.7 Å². The molecule has 0 radical (unpaired) electrons. The number of amides is 1. The van der Waals surface area contributed by atoms with Crippen molar-refractivity contribution in [3.05, 3.63) is 29.3 Å². The molecule has 0 aliphatic carbocycles. The fraction of sp³-hybridized carbons (Fsp3) is 0.632. The molecule has 0 aromatic heterocycles. The lowest BCUT2D eigenvalue weighted by molar-refractivity contribution is -0.119. The van der Waals surface area contributed by atoms with Crippen LogP contribution in [0.15, 0.2) is 18.2 Å². The lowest BCUT2D eigenvalue weighted by Crippen LogP contribution is -2.46. The van der Waals surface area contributed by atoms with Crippen molar-refractivity contribution in [2.45, 2.75) is 20.3 Å². The smallest absolute Gasteiger partial charge is 0.304 e. The SMILES string of the molecule is Cc1ccc(C)c(N(CC(=O)NCCCN2CCOCC2)S(=O)(=O)N(C)C)c1. The van der Waals surface area contributed by atoms with E-state index >= 15 is 0 Å². The molecule has 1 amide bonds. The summed E-state index contributed by atoms with van der Waals surface area (Å²) in [5.74, 6) is -0.312. The Labute approximate surface area is 168 Å². The molecule has 1 fully saturated rings. The second kappa shape index (κ2) is 10.2. The highest BCUT2D eigenvalue weighted by Crippen LogP contribution is 2.25. The van der Waals surface area contributed by atoms with Crippen LogP contribution in [0.5, 0.6) is 0 Å². The standard InChI is InChI=1S/C19H32N4O4S/c1-16-6-7-17(2)18(14-16)23(28(25,26)21(3)4)15-19(24)20-8-5-9-22-10-12-27-13-11-22/h6-7,14H,5,8-13,15H2,1-4H3,(H,20,24). The van der Waals surface area contributed by atoms with Gasteiger partial charge in [0, 0.05) is 33.7 Å². The third kappa shape index (κ3) is 6.16.